The molecule has 0 N–H and O–H groups in total. The molecule has 0 radical (unpaired) electrons. The standard InChI is InChI=1S/C68H67N3/c1-42-28-30-57(31-29-42)71-66-26-16-14-24-64(66)68(65-25-15-17-27-67(65)71,55-20-18-22-58(40-55)69(60-32-43(2)51(10)44(3)33-60)61-34-45(4)52(11)46(5)35-61)56-21-19-23-59(41-56)70(62-36-47(6)53(12)48(7)37-62)63-38-49(8)54(13)50(9)39-63/h14-41H,1-13H3. The van der Waals surface area contributed by atoms with Gasteiger partial charge in [0.15, 0.2) is 0 Å². The van der Waals surface area contributed by atoms with Gasteiger partial charge in [0.2, 0.25) is 0 Å². The maximum Gasteiger partial charge on any atom is 0.0743 e. The minimum atomic E-state index is -0.770. The number of para-hydroxylation sites is 2. The number of hydrogen-bond acceptors (Lipinski definition) is 3. The Hall–Kier alpha value is -7.62. The van der Waals surface area contributed by atoms with Gasteiger partial charge in [-0.25, -0.2) is 0 Å². The third-order valence-corrected chi connectivity index (χ3v) is 16.1. The van der Waals surface area contributed by atoms with Gasteiger partial charge in [-0.05, 0) is 276 Å². The molecule has 0 spiro atoms. The van der Waals surface area contributed by atoms with Crippen LogP contribution in [-0.2, 0) is 5.41 Å². The number of anilines is 9. The van der Waals surface area contributed by atoms with Crippen LogP contribution >= 0.6 is 0 Å². The molecule has 0 bridgehead atoms. The first-order valence-electron chi connectivity index (χ1n) is 25.3. The van der Waals surface area contributed by atoms with E-state index in [0.717, 1.165) is 51.2 Å². The third-order valence-electron chi connectivity index (χ3n) is 16.1. The summed E-state index contributed by atoms with van der Waals surface area (Å²) in [5.74, 6) is 0. The number of rotatable bonds is 9. The quantitative estimate of drug-likeness (QED) is 0.143. The van der Waals surface area contributed by atoms with Crippen LogP contribution in [-0.4, -0.2) is 0 Å². The molecule has 0 aromatic heterocycles. The van der Waals surface area contributed by atoms with Crippen LogP contribution in [0.3, 0.4) is 0 Å². The van der Waals surface area contributed by atoms with Crippen molar-refractivity contribution < 1.29 is 0 Å². The molecular formula is C68H67N3. The van der Waals surface area contributed by atoms with E-state index in [2.05, 4.69) is 275 Å². The largest absolute Gasteiger partial charge is 0.310 e. The molecular weight excluding hydrogens is 859 g/mol. The summed E-state index contributed by atoms with van der Waals surface area (Å²) in [6.45, 7) is 29.0. The Kier molecular flexibility index (Phi) is 12.1. The predicted molar refractivity (Wildman–Crippen MR) is 304 cm³/mol. The van der Waals surface area contributed by atoms with Crippen LogP contribution in [0.1, 0.15) is 94.6 Å². The molecule has 0 unspecified atom stereocenters. The highest BCUT2D eigenvalue weighted by Crippen LogP contribution is 2.59. The highest BCUT2D eigenvalue weighted by molar-refractivity contribution is 5.91. The number of aryl methyl sites for hydroxylation is 9. The van der Waals surface area contributed by atoms with E-state index in [-0.39, 0.29) is 0 Å². The average Bonchev–Trinajstić information content (AvgIpc) is 3.35. The lowest BCUT2D eigenvalue weighted by Gasteiger charge is -2.47. The summed E-state index contributed by atoms with van der Waals surface area (Å²) < 4.78 is 0. The minimum Gasteiger partial charge on any atom is -0.310 e. The minimum absolute atomic E-state index is 0.770. The summed E-state index contributed by atoms with van der Waals surface area (Å²) in [7, 11) is 0. The molecule has 0 aliphatic carbocycles. The van der Waals surface area contributed by atoms with Gasteiger partial charge >= 0.3 is 0 Å². The third kappa shape index (κ3) is 8.02. The van der Waals surface area contributed by atoms with Crippen molar-refractivity contribution in [3.8, 4) is 0 Å². The fourth-order valence-corrected chi connectivity index (χ4v) is 11.2. The van der Waals surface area contributed by atoms with Gasteiger partial charge < -0.3 is 14.7 Å². The molecule has 0 atom stereocenters. The first-order valence-corrected chi connectivity index (χ1v) is 25.3. The van der Waals surface area contributed by atoms with Crippen LogP contribution in [0.15, 0.2) is 170 Å². The Balaban J connectivity index is 1.30. The molecule has 354 valence electrons. The van der Waals surface area contributed by atoms with Crippen molar-refractivity contribution >= 4 is 51.2 Å². The van der Waals surface area contributed by atoms with Gasteiger partial charge in [-0.2, -0.15) is 0 Å². The Labute approximate surface area is 423 Å². The summed E-state index contributed by atoms with van der Waals surface area (Å²) in [4.78, 5) is 7.44. The normalized spacial score (nSPS) is 12.7. The second-order valence-electron chi connectivity index (χ2n) is 20.5. The van der Waals surface area contributed by atoms with E-state index in [4.69, 9.17) is 0 Å². The van der Waals surface area contributed by atoms with E-state index in [1.807, 2.05) is 0 Å². The molecule has 1 heterocycles. The van der Waals surface area contributed by atoms with Gasteiger partial charge in [-0.3, -0.25) is 0 Å². The van der Waals surface area contributed by atoms with Gasteiger partial charge in [0, 0.05) is 39.8 Å². The lowest BCUT2D eigenvalue weighted by atomic mass is 9.62. The van der Waals surface area contributed by atoms with Crippen LogP contribution < -0.4 is 14.7 Å². The van der Waals surface area contributed by atoms with Crippen molar-refractivity contribution in [3.05, 3.63) is 264 Å². The number of fused-ring (bicyclic) bond motifs is 2. The van der Waals surface area contributed by atoms with Crippen LogP contribution in [0.2, 0.25) is 0 Å². The summed E-state index contributed by atoms with van der Waals surface area (Å²) >= 11 is 0. The van der Waals surface area contributed by atoms with E-state index in [0.29, 0.717) is 0 Å². The number of hydrogen-bond donors (Lipinski definition) is 0. The van der Waals surface area contributed by atoms with E-state index < -0.39 is 5.41 Å². The molecule has 3 heteroatoms. The molecule has 0 amide bonds. The van der Waals surface area contributed by atoms with Crippen LogP contribution in [0.5, 0.6) is 0 Å². The van der Waals surface area contributed by atoms with Crippen LogP contribution in [0, 0.1) is 90.0 Å². The maximum absolute atomic E-state index is 2.48. The predicted octanol–water partition coefficient (Wildman–Crippen LogP) is 18.8. The zero-order chi connectivity index (χ0) is 50.0. The van der Waals surface area contributed by atoms with Crippen molar-refractivity contribution in [1.82, 2.24) is 0 Å². The fourth-order valence-electron chi connectivity index (χ4n) is 11.2. The molecule has 1 aliphatic rings. The Morgan fingerprint density at radius 2 is 0.606 bits per heavy atom. The Bertz CT molecular complexity index is 3120. The molecule has 0 saturated carbocycles. The molecule has 0 fully saturated rings. The first kappa shape index (κ1) is 47.1. The molecule has 9 aromatic rings. The van der Waals surface area contributed by atoms with Gasteiger partial charge in [0.1, 0.15) is 0 Å². The number of nitrogens with zero attached hydrogens (tertiary/aromatic N) is 3. The van der Waals surface area contributed by atoms with Gasteiger partial charge in [-0.15, -0.1) is 0 Å². The smallest absolute Gasteiger partial charge is 0.0743 e. The van der Waals surface area contributed by atoms with E-state index in [1.165, 1.54) is 94.6 Å². The second kappa shape index (κ2) is 18.3. The van der Waals surface area contributed by atoms with E-state index in [1.54, 1.807) is 0 Å². The maximum atomic E-state index is 2.48. The first-order chi connectivity index (χ1) is 34.1. The van der Waals surface area contributed by atoms with E-state index >= 15 is 0 Å². The van der Waals surface area contributed by atoms with Crippen LogP contribution in [0.4, 0.5) is 51.2 Å². The molecule has 71 heavy (non-hydrogen) atoms. The molecule has 9 aromatic carbocycles. The van der Waals surface area contributed by atoms with Gasteiger partial charge in [0.05, 0.1) is 16.8 Å². The highest BCUT2D eigenvalue weighted by Gasteiger charge is 2.47. The molecule has 1 aliphatic heterocycles. The van der Waals surface area contributed by atoms with Crippen molar-refractivity contribution in [2.45, 2.75) is 95.4 Å². The van der Waals surface area contributed by atoms with Crippen molar-refractivity contribution in [1.29, 1.82) is 0 Å². The average molecular weight is 926 g/mol. The lowest BCUT2D eigenvalue weighted by Crippen LogP contribution is -2.38. The van der Waals surface area contributed by atoms with Crippen molar-refractivity contribution in [3.63, 3.8) is 0 Å². The molecule has 0 saturated heterocycles. The zero-order valence-corrected chi connectivity index (χ0v) is 44.0. The summed E-state index contributed by atoms with van der Waals surface area (Å²) in [6, 6.07) is 65.0. The second-order valence-corrected chi connectivity index (χ2v) is 20.5. The SMILES string of the molecule is Cc1ccc(N2c3ccccc3C(c3cccc(N(c4cc(C)c(C)c(C)c4)c4cc(C)c(C)c(C)c4)c3)(c3cccc(N(c4cc(C)c(C)c(C)c4)c4cc(C)c(C)c(C)c4)c3)c3ccccc32)cc1. The topological polar surface area (TPSA) is 9.72 Å². The van der Waals surface area contributed by atoms with Crippen molar-refractivity contribution in [2.24, 2.45) is 0 Å². The Morgan fingerprint density at radius 3 is 0.930 bits per heavy atom. The Morgan fingerprint density at radius 1 is 0.296 bits per heavy atom. The fraction of sp³-hybridized carbons (Fsp3) is 0.206. The number of benzene rings is 9. The molecule has 10 rings (SSSR count). The molecule has 3 nitrogen and oxygen atoms in total. The summed E-state index contributed by atoms with van der Waals surface area (Å²) in [6.07, 6.45) is 0. The highest BCUT2D eigenvalue weighted by atomic mass is 15.2. The zero-order valence-electron chi connectivity index (χ0n) is 44.0. The van der Waals surface area contributed by atoms with Gasteiger partial charge in [0.25, 0.3) is 0 Å². The van der Waals surface area contributed by atoms with Gasteiger partial charge in [-0.1, -0.05) is 78.4 Å². The van der Waals surface area contributed by atoms with E-state index in [9.17, 15) is 0 Å². The van der Waals surface area contributed by atoms with Crippen molar-refractivity contribution in [2.75, 3.05) is 14.7 Å². The lowest BCUT2D eigenvalue weighted by molar-refractivity contribution is 0.731. The summed E-state index contributed by atoms with van der Waals surface area (Å²) in [5, 5.41) is 0. The monoisotopic (exact) mass is 926 g/mol. The van der Waals surface area contributed by atoms with Crippen LogP contribution in [0.25, 0.3) is 0 Å². The summed E-state index contributed by atoms with van der Waals surface area (Å²) in [5.41, 5.74) is 31.1.